The molecule has 52 valence electrons. The summed E-state index contributed by atoms with van der Waals surface area (Å²) >= 11 is 0. The van der Waals surface area contributed by atoms with Gasteiger partial charge >= 0.3 is 0 Å². The van der Waals surface area contributed by atoms with E-state index in [1.807, 2.05) is 13.4 Å². The molecule has 0 aliphatic carbocycles. The lowest BCUT2D eigenvalue weighted by atomic mass is 10.1. The molecule has 1 N–H and O–H groups in total. The Balaban J connectivity index is 2.45. The Kier molecular flexibility index (Phi) is 1.60. The van der Waals surface area contributed by atoms with Gasteiger partial charge in [0, 0.05) is 7.05 Å². The van der Waals surface area contributed by atoms with Gasteiger partial charge in [0.2, 0.25) is 0 Å². The molecule has 0 amide bonds. The summed E-state index contributed by atoms with van der Waals surface area (Å²) in [5, 5.41) is 3.92. The van der Waals surface area contributed by atoms with Crippen molar-refractivity contribution in [1.82, 2.24) is 10.3 Å². The first-order valence-corrected chi connectivity index (χ1v) is 3.22. The van der Waals surface area contributed by atoms with Crippen LogP contribution in [0.15, 0.2) is 5.10 Å². The second-order valence-electron chi connectivity index (χ2n) is 2.73. The Morgan fingerprint density at radius 2 is 2.33 bits per heavy atom. The fraction of sp³-hybridized carbons (Fsp3) is 0.833. The number of nitrogens with zero attached hydrogens (tertiary/aromatic N) is 2. The lowest BCUT2D eigenvalue weighted by Gasteiger charge is -2.22. The van der Waals surface area contributed by atoms with E-state index in [-0.39, 0.29) is 0 Å². The molecule has 1 rings (SSSR count). The molecular formula is C6H13N3. The van der Waals surface area contributed by atoms with E-state index in [2.05, 4.69) is 29.3 Å². The molecular weight excluding hydrogens is 114 g/mol. The molecule has 0 spiro atoms. The number of hydrazone groups is 1. The van der Waals surface area contributed by atoms with Gasteiger partial charge in [-0.25, -0.2) is 0 Å². The van der Waals surface area contributed by atoms with Gasteiger partial charge in [-0.2, -0.15) is 5.10 Å². The van der Waals surface area contributed by atoms with Crippen LogP contribution in [-0.2, 0) is 0 Å². The summed E-state index contributed by atoms with van der Waals surface area (Å²) in [4.78, 5) is 2.07. The minimum absolute atomic E-state index is 0.394. The zero-order valence-corrected chi connectivity index (χ0v) is 6.13. The largest absolute Gasteiger partial charge is 0.343 e. The first-order valence-electron chi connectivity index (χ1n) is 3.22. The van der Waals surface area contributed by atoms with Gasteiger partial charge < -0.3 is 4.90 Å². The van der Waals surface area contributed by atoms with Gasteiger partial charge in [0.25, 0.3) is 0 Å². The highest BCUT2D eigenvalue weighted by atomic mass is 15.5. The van der Waals surface area contributed by atoms with Crippen molar-refractivity contribution in [2.75, 3.05) is 7.05 Å². The Labute approximate surface area is 55.7 Å². The summed E-state index contributed by atoms with van der Waals surface area (Å²) in [7, 11) is 2.02. The molecule has 0 fully saturated rings. The third kappa shape index (κ3) is 1.15. The molecule has 0 radical (unpaired) electrons. The van der Waals surface area contributed by atoms with Crippen LogP contribution in [0.4, 0.5) is 0 Å². The molecule has 1 aliphatic rings. The standard InChI is InChI=1S/C6H13N3/c1-5(2)6-8-7-4-9(6)3/h4-6,8H,1-3H3. The van der Waals surface area contributed by atoms with Gasteiger partial charge in [-0.1, -0.05) is 13.8 Å². The van der Waals surface area contributed by atoms with Crippen LogP contribution in [0.2, 0.25) is 0 Å². The van der Waals surface area contributed by atoms with Crippen molar-refractivity contribution < 1.29 is 0 Å². The fourth-order valence-electron chi connectivity index (χ4n) is 0.983. The summed E-state index contributed by atoms with van der Waals surface area (Å²) in [5.74, 6) is 0.609. The number of hydrogen-bond acceptors (Lipinski definition) is 3. The summed E-state index contributed by atoms with van der Waals surface area (Å²) in [6, 6.07) is 0. The van der Waals surface area contributed by atoms with Crippen molar-refractivity contribution in [3.63, 3.8) is 0 Å². The lowest BCUT2D eigenvalue weighted by Crippen LogP contribution is -2.38. The van der Waals surface area contributed by atoms with E-state index in [0.717, 1.165) is 0 Å². The highest BCUT2D eigenvalue weighted by molar-refractivity contribution is 5.56. The predicted octanol–water partition coefficient (Wildman–Crippen LogP) is 0.447. The lowest BCUT2D eigenvalue weighted by molar-refractivity contribution is 0.274. The third-order valence-corrected chi connectivity index (χ3v) is 1.52. The second kappa shape index (κ2) is 2.25. The van der Waals surface area contributed by atoms with Crippen molar-refractivity contribution in [2.24, 2.45) is 11.0 Å². The van der Waals surface area contributed by atoms with Crippen LogP contribution in [0.5, 0.6) is 0 Å². The van der Waals surface area contributed by atoms with Gasteiger partial charge in [0.05, 0.1) is 0 Å². The van der Waals surface area contributed by atoms with Crippen LogP contribution in [0.1, 0.15) is 13.8 Å². The van der Waals surface area contributed by atoms with Crippen molar-refractivity contribution >= 4 is 6.34 Å². The molecule has 0 aromatic carbocycles. The van der Waals surface area contributed by atoms with E-state index >= 15 is 0 Å². The highest BCUT2D eigenvalue weighted by Crippen LogP contribution is 2.06. The van der Waals surface area contributed by atoms with Gasteiger partial charge in [-0.05, 0) is 5.92 Å². The van der Waals surface area contributed by atoms with Gasteiger partial charge in [-0.15, -0.1) is 0 Å². The van der Waals surface area contributed by atoms with E-state index in [9.17, 15) is 0 Å². The van der Waals surface area contributed by atoms with Crippen molar-refractivity contribution in [2.45, 2.75) is 20.0 Å². The fourth-order valence-corrected chi connectivity index (χ4v) is 0.983. The molecule has 1 atom stereocenters. The summed E-state index contributed by atoms with van der Waals surface area (Å²) in [5.41, 5.74) is 3.00. The molecule has 1 unspecified atom stereocenters. The summed E-state index contributed by atoms with van der Waals surface area (Å²) < 4.78 is 0. The Bertz CT molecular complexity index is 119. The molecule has 1 heterocycles. The zero-order valence-electron chi connectivity index (χ0n) is 6.13. The van der Waals surface area contributed by atoms with Crippen LogP contribution in [0.25, 0.3) is 0 Å². The van der Waals surface area contributed by atoms with Crippen LogP contribution in [0, 0.1) is 5.92 Å². The average Bonchev–Trinajstić information content (AvgIpc) is 2.13. The molecule has 0 saturated heterocycles. The molecule has 1 aliphatic heterocycles. The minimum Gasteiger partial charge on any atom is -0.343 e. The first-order chi connectivity index (χ1) is 4.22. The second-order valence-corrected chi connectivity index (χ2v) is 2.73. The molecule has 0 aromatic heterocycles. The molecule has 0 bridgehead atoms. The Hall–Kier alpha value is -0.730. The van der Waals surface area contributed by atoms with Crippen molar-refractivity contribution in [1.29, 1.82) is 0 Å². The topological polar surface area (TPSA) is 27.6 Å². The molecule has 3 heteroatoms. The van der Waals surface area contributed by atoms with Crippen molar-refractivity contribution in [3.05, 3.63) is 0 Å². The van der Waals surface area contributed by atoms with E-state index in [1.54, 1.807) is 0 Å². The molecule has 3 nitrogen and oxygen atoms in total. The SMILES string of the molecule is CC(C)C1NN=CN1C. The van der Waals surface area contributed by atoms with Crippen LogP contribution in [0.3, 0.4) is 0 Å². The van der Waals surface area contributed by atoms with Crippen molar-refractivity contribution in [3.8, 4) is 0 Å². The van der Waals surface area contributed by atoms with Crippen LogP contribution >= 0.6 is 0 Å². The van der Waals surface area contributed by atoms with E-state index < -0.39 is 0 Å². The monoisotopic (exact) mass is 127 g/mol. The number of hydrogen-bond donors (Lipinski definition) is 1. The van der Waals surface area contributed by atoms with Gasteiger partial charge in [-0.3, -0.25) is 5.43 Å². The summed E-state index contributed by atoms with van der Waals surface area (Å²) in [6.07, 6.45) is 2.20. The summed E-state index contributed by atoms with van der Waals surface area (Å²) in [6.45, 7) is 4.34. The predicted molar refractivity (Wildman–Crippen MR) is 38.0 cm³/mol. The van der Waals surface area contributed by atoms with Crippen LogP contribution < -0.4 is 5.43 Å². The number of rotatable bonds is 1. The molecule has 0 aromatic rings. The first kappa shape index (κ1) is 6.39. The minimum atomic E-state index is 0.394. The maximum absolute atomic E-state index is 3.92. The maximum Gasteiger partial charge on any atom is 0.118 e. The third-order valence-electron chi connectivity index (χ3n) is 1.52. The Morgan fingerprint density at radius 1 is 1.67 bits per heavy atom. The van der Waals surface area contributed by atoms with Gasteiger partial charge in [0.1, 0.15) is 12.5 Å². The van der Waals surface area contributed by atoms with E-state index in [1.165, 1.54) is 0 Å². The highest BCUT2D eigenvalue weighted by Gasteiger charge is 2.18. The van der Waals surface area contributed by atoms with E-state index in [0.29, 0.717) is 12.1 Å². The van der Waals surface area contributed by atoms with Crippen LogP contribution in [-0.4, -0.2) is 24.5 Å². The smallest absolute Gasteiger partial charge is 0.118 e. The molecule has 9 heavy (non-hydrogen) atoms. The molecule has 0 saturated carbocycles. The Morgan fingerprint density at radius 3 is 2.56 bits per heavy atom. The van der Waals surface area contributed by atoms with Gasteiger partial charge in [0.15, 0.2) is 0 Å². The maximum atomic E-state index is 3.92. The normalized spacial score (nSPS) is 25.3. The average molecular weight is 127 g/mol. The van der Waals surface area contributed by atoms with E-state index in [4.69, 9.17) is 0 Å². The zero-order chi connectivity index (χ0) is 6.85. The number of nitrogens with one attached hydrogen (secondary N) is 1. The quantitative estimate of drug-likeness (QED) is 0.553.